The highest BCUT2D eigenvalue weighted by Gasteiger charge is 2.60. The van der Waals surface area contributed by atoms with Crippen molar-refractivity contribution in [1.29, 1.82) is 0 Å². The highest BCUT2D eigenvalue weighted by atomic mass is 16.6. The average Bonchev–Trinajstić information content (AvgIpc) is 2.93. The molecule has 0 aromatic carbocycles. The second kappa shape index (κ2) is 6.51. The summed E-state index contributed by atoms with van der Waals surface area (Å²) in [5, 5.41) is 0. The van der Waals surface area contributed by atoms with Gasteiger partial charge >= 0.3 is 5.97 Å². The molecule has 2 aliphatic heterocycles. The normalized spacial score (nSPS) is 37.0. The van der Waals surface area contributed by atoms with E-state index in [-0.39, 0.29) is 23.3 Å². The highest BCUT2D eigenvalue weighted by Crippen LogP contribution is 2.51. The molecule has 4 atom stereocenters. The van der Waals surface area contributed by atoms with Crippen LogP contribution in [0.5, 0.6) is 0 Å². The first-order valence-corrected chi connectivity index (χ1v) is 8.59. The third-order valence-electron chi connectivity index (χ3n) is 5.31. The van der Waals surface area contributed by atoms with Crippen LogP contribution in [0.15, 0.2) is 12.2 Å². The fourth-order valence-electron chi connectivity index (χ4n) is 3.91. The van der Waals surface area contributed by atoms with Gasteiger partial charge in [-0.15, -0.1) is 0 Å². The van der Waals surface area contributed by atoms with Crippen molar-refractivity contribution in [2.24, 2.45) is 5.92 Å². The molecule has 0 spiro atoms. The van der Waals surface area contributed by atoms with Gasteiger partial charge in [-0.1, -0.05) is 39.8 Å². The van der Waals surface area contributed by atoms with E-state index in [4.69, 9.17) is 9.47 Å². The van der Waals surface area contributed by atoms with Crippen LogP contribution in [0.4, 0.5) is 0 Å². The van der Waals surface area contributed by atoms with E-state index in [1.807, 2.05) is 0 Å². The fourth-order valence-corrected chi connectivity index (χ4v) is 3.91. The summed E-state index contributed by atoms with van der Waals surface area (Å²) >= 11 is 0. The number of ether oxygens (including phenoxy) is 2. The Morgan fingerprint density at radius 2 is 2.05 bits per heavy atom. The molecule has 4 unspecified atom stereocenters. The van der Waals surface area contributed by atoms with E-state index >= 15 is 0 Å². The van der Waals surface area contributed by atoms with Gasteiger partial charge in [-0.05, 0) is 38.0 Å². The van der Waals surface area contributed by atoms with Crippen LogP contribution in [-0.2, 0) is 14.3 Å². The van der Waals surface area contributed by atoms with E-state index in [1.165, 1.54) is 0 Å². The first-order valence-electron chi connectivity index (χ1n) is 8.59. The molecular formula is C18H30O3. The summed E-state index contributed by atoms with van der Waals surface area (Å²) in [6, 6.07) is 0. The summed E-state index contributed by atoms with van der Waals surface area (Å²) in [5.74, 6) is 0.456. The van der Waals surface area contributed by atoms with E-state index in [1.54, 1.807) is 0 Å². The number of hydrogen-bond donors (Lipinski definition) is 0. The summed E-state index contributed by atoms with van der Waals surface area (Å²) in [4.78, 5) is 11.6. The molecule has 3 nitrogen and oxygen atoms in total. The van der Waals surface area contributed by atoms with Crippen molar-refractivity contribution in [2.75, 3.05) is 0 Å². The van der Waals surface area contributed by atoms with Gasteiger partial charge in [0.25, 0.3) is 0 Å². The van der Waals surface area contributed by atoms with Crippen LogP contribution < -0.4 is 0 Å². The Kier molecular flexibility index (Phi) is 5.13. The monoisotopic (exact) mass is 294 g/mol. The minimum atomic E-state index is -0.361. The van der Waals surface area contributed by atoms with Gasteiger partial charge in [-0.2, -0.15) is 0 Å². The number of allylic oxidation sites excluding steroid dienone is 2. The Hall–Kier alpha value is -0.830. The van der Waals surface area contributed by atoms with Gasteiger partial charge < -0.3 is 9.47 Å². The Bertz CT molecular complexity index is 403. The summed E-state index contributed by atoms with van der Waals surface area (Å²) in [7, 11) is 0. The van der Waals surface area contributed by atoms with Crippen molar-refractivity contribution in [3.05, 3.63) is 12.2 Å². The maximum Gasteiger partial charge on any atom is 0.309 e. The SMILES string of the molecule is CCC=CC(CC)CC1(CC)CC2(CC)OC(=O)CC2O1. The molecule has 2 aliphatic rings. The maximum atomic E-state index is 11.6. The second-order valence-electron chi connectivity index (χ2n) is 6.63. The molecule has 3 heteroatoms. The highest BCUT2D eigenvalue weighted by molar-refractivity contribution is 5.73. The van der Waals surface area contributed by atoms with Gasteiger partial charge in [0.1, 0.15) is 11.7 Å². The maximum absolute atomic E-state index is 11.6. The molecule has 0 N–H and O–H groups in total. The molecule has 2 saturated heterocycles. The summed E-state index contributed by atoms with van der Waals surface area (Å²) in [6.45, 7) is 8.71. The van der Waals surface area contributed by atoms with Crippen LogP contribution in [0.3, 0.4) is 0 Å². The molecule has 0 bridgehead atoms. The van der Waals surface area contributed by atoms with Crippen molar-refractivity contribution in [2.45, 2.75) is 89.9 Å². The van der Waals surface area contributed by atoms with Crippen molar-refractivity contribution in [3.63, 3.8) is 0 Å². The third-order valence-corrected chi connectivity index (χ3v) is 5.31. The minimum absolute atomic E-state index is 0.0392. The lowest BCUT2D eigenvalue weighted by atomic mass is 9.79. The molecule has 0 radical (unpaired) electrons. The Labute approximate surface area is 129 Å². The predicted octanol–water partition coefficient (Wildman–Crippen LogP) is 4.40. The number of rotatable bonds is 7. The van der Waals surface area contributed by atoms with Crippen molar-refractivity contribution < 1.29 is 14.3 Å². The molecule has 0 saturated carbocycles. The van der Waals surface area contributed by atoms with Crippen LogP contribution in [-0.4, -0.2) is 23.3 Å². The summed E-state index contributed by atoms with van der Waals surface area (Å²) in [6.07, 6.45) is 10.9. The average molecular weight is 294 g/mol. The molecule has 2 heterocycles. The molecule has 2 fully saturated rings. The van der Waals surface area contributed by atoms with E-state index in [2.05, 4.69) is 39.8 Å². The third kappa shape index (κ3) is 3.18. The number of hydrogen-bond acceptors (Lipinski definition) is 3. The van der Waals surface area contributed by atoms with Crippen molar-refractivity contribution in [3.8, 4) is 0 Å². The quantitative estimate of drug-likeness (QED) is 0.515. The van der Waals surface area contributed by atoms with Gasteiger partial charge in [-0.3, -0.25) is 4.79 Å². The van der Waals surface area contributed by atoms with E-state index in [0.717, 1.165) is 38.5 Å². The van der Waals surface area contributed by atoms with Crippen LogP contribution in [0.1, 0.15) is 72.6 Å². The zero-order valence-corrected chi connectivity index (χ0v) is 14.0. The van der Waals surface area contributed by atoms with E-state index < -0.39 is 0 Å². The summed E-state index contributed by atoms with van der Waals surface area (Å²) < 4.78 is 12.1. The molecule has 120 valence electrons. The van der Waals surface area contributed by atoms with Gasteiger partial charge in [0, 0.05) is 6.42 Å². The van der Waals surface area contributed by atoms with Gasteiger partial charge in [0.05, 0.1) is 12.0 Å². The van der Waals surface area contributed by atoms with Crippen LogP contribution >= 0.6 is 0 Å². The first kappa shape index (κ1) is 16.5. The number of carbonyl (C=O) groups is 1. The minimum Gasteiger partial charge on any atom is -0.456 e. The molecule has 0 aromatic rings. The largest absolute Gasteiger partial charge is 0.456 e. The Morgan fingerprint density at radius 1 is 1.29 bits per heavy atom. The molecule has 0 aliphatic carbocycles. The predicted molar refractivity (Wildman–Crippen MR) is 84.1 cm³/mol. The van der Waals surface area contributed by atoms with Gasteiger partial charge in [-0.25, -0.2) is 0 Å². The topological polar surface area (TPSA) is 35.5 Å². The lowest BCUT2D eigenvalue weighted by molar-refractivity contribution is -0.149. The van der Waals surface area contributed by atoms with Crippen molar-refractivity contribution in [1.82, 2.24) is 0 Å². The van der Waals surface area contributed by atoms with Crippen molar-refractivity contribution >= 4 is 5.97 Å². The molecule has 2 rings (SSSR count). The smallest absolute Gasteiger partial charge is 0.309 e. The molecule has 0 aromatic heterocycles. The Balaban J connectivity index is 2.13. The van der Waals surface area contributed by atoms with Crippen LogP contribution in [0.2, 0.25) is 0 Å². The Morgan fingerprint density at radius 3 is 2.57 bits per heavy atom. The molecule has 21 heavy (non-hydrogen) atoms. The lowest BCUT2D eigenvalue weighted by Crippen LogP contribution is -2.36. The van der Waals surface area contributed by atoms with Crippen LogP contribution in [0.25, 0.3) is 0 Å². The summed E-state index contributed by atoms with van der Waals surface area (Å²) in [5.41, 5.74) is -0.486. The number of fused-ring (bicyclic) bond motifs is 1. The number of esters is 1. The van der Waals surface area contributed by atoms with Gasteiger partial charge in [0.15, 0.2) is 0 Å². The standard InChI is InChI=1S/C18H30O3/c1-5-9-10-14(6-2)12-17(7-3)13-18(8-4)15(20-17)11-16(19)21-18/h9-10,14-15H,5-8,11-13H2,1-4H3. The first-order chi connectivity index (χ1) is 10.0. The zero-order chi connectivity index (χ0) is 15.5. The van der Waals surface area contributed by atoms with E-state index in [9.17, 15) is 4.79 Å². The van der Waals surface area contributed by atoms with E-state index in [0.29, 0.717) is 12.3 Å². The van der Waals surface area contributed by atoms with Gasteiger partial charge in [0.2, 0.25) is 0 Å². The second-order valence-corrected chi connectivity index (χ2v) is 6.63. The lowest BCUT2D eigenvalue weighted by Gasteiger charge is -2.32. The van der Waals surface area contributed by atoms with Crippen LogP contribution in [0, 0.1) is 5.92 Å². The molecule has 0 amide bonds. The number of carbonyl (C=O) groups excluding carboxylic acids is 1. The zero-order valence-electron chi connectivity index (χ0n) is 14.0. The fraction of sp³-hybridized carbons (Fsp3) is 0.833. The molecular weight excluding hydrogens is 264 g/mol.